The van der Waals surface area contributed by atoms with Crippen molar-refractivity contribution in [3.05, 3.63) is 0 Å². The molecule has 1 unspecified atom stereocenters. The zero-order chi connectivity index (χ0) is 36.7. The van der Waals surface area contributed by atoms with Crippen LogP contribution >= 0.6 is 0 Å². The van der Waals surface area contributed by atoms with E-state index in [4.69, 9.17) is 18.9 Å². The zero-order valence-electron chi connectivity index (χ0n) is 32.0. The first-order valence-electron chi connectivity index (χ1n) is 20.7. The smallest absolute Gasteiger partial charge is 0.305 e. The summed E-state index contributed by atoms with van der Waals surface area (Å²) in [5, 5.41) is 50.6. The van der Waals surface area contributed by atoms with E-state index in [1.54, 1.807) is 0 Å². The number of aliphatic hydroxyl groups is 5. The maximum absolute atomic E-state index is 12.5. The first-order valence-corrected chi connectivity index (χ1v) is 20.7. The molecule has 0 aromatic carbocycles. The summed E-state index contributed by atoms with van der Waals surface area (Å²) in [5.74, 6) is -0.342. The van der Waals surface area contributed by atoms with Crippen molar-refractivity contribution >= 4 is 5.97 Å². The molecule has 1 fully saturated rings. The van der Waals surface area contributed by atoms with E-state index in [0.29, 0.717) is 12.8 Å². The van der Waals surface area contributed by atoms with E-state index in [1.807, 2.05) is 0 Å². The zero-order valence-corrected chi connectivity index (χ0v) is 32.0. The number of carbonyl (C=O) groups excluding carboxylic acids is 1. The van der Waals surface area contributed by atoms with Crippen LogP contribution in [0.4, 0.5) is 0 Å². The molecule has 10 nitrogen and oxygen atoms in total. The quantitative estimate of drug-likeness (QED) is 0.0251. The number of hydrogen-bond donors (Lipinski definition) is 5. The predicted octanol–water partition coefficient (Wildman–Crippen LogP) is 7.62. The van der Waals surface area contributed by atoms with Crippen molar-refractivity contribution in [2.75, 3.05) is 19.8 Å². The van der Waals surface area contributed by atoms with Crippen LogP contribution in [0.3, 0.4) is 0 Å². The third kappa shape index (κ3) is 24.4. The highest BCUT2D eigenvalue weighted by molar-refractivity contribution is 5.69. The molecular formula is C40H78O10. The Balaban J connectivity index is 2.33. The Morgan fingerprint density at radius 1 is 0.600 bits per heavy atom. The normalized spacial score (nSPS) is 22.1. The minimum Gasteiger partial charge on any atom is -0.463 e. The molecule has 1 heterocycles. The van der Waals surface area contributed by atoms with Gasteiger partial charge in [-0.25, -0.2) is 0 Å². The van der Waals surface area contributed by atoms with Crippen molar-refractivity contribution in [1.82, 2.24) is 0 Å². The van der Waals surface area contributed by atoms with E-state index >= 15 is 0 Å². The number of ether oxygens (including phenoxy) is 4. The van der Waals surface area contributed by atoms with Gasteiger partial charge in [-0.1, -0.05) is 162 Å². The Kier molecular flexibility index (Phi) is 30.9. The number of carbonyl (C=O) groups is 1. The molecule has 10 heteroatoms. The summed E-state index contributed by atoms with van der Waals surface area (Å²) in [7, 11) is 0. The van der Waals surface area contributed by atoms with Crippen LogP contribution in [-0.2, 0) is 23.7 Å². The highest BCUT2D eigenvalue weighted by Gasteiger charge is 2.44. The second kappa shape index (κ2) is 32.8. The van der Waals surface area contributed by atoms with E-state index in [2.05, 4.69) is 13.8 Å². The maximum Gasteiger partial charge on any atom is 0.305 e. The molecule has 1 saturated heterocycles. The van der Waals surface area contributed by atoms with Crippen LogP contribution in [-0.4, -0.2) is 94.4 Å². The summed E-state index contributed by atoms with van der Waals surface area (Å²) in [6, 6.07) is 0. The lowest BCUT2D eigenvalue weighted by molar-refractivity contribution is -0.308. The second-order valence-corrected chi connectivity index (χ2v) is 14.6. The first-order chi connectivity index (χ1) is 24.3. The summed E-state index contributed by atoms with van der Waals surface area (Å²) < 4.78 is 22.4. The lowest BCUT2D eigenvalue weighted by atomic mass is 9.99. The molecule has 0 radical (unpaired) electrons. The van der Waals surface area contributed by atoms with Gasteiger partial charge in [0.05, 0.1) is 13.2 Å². The van der Waals surface area contributed by atoms with Gasteiger partial charge in [0.15, 0.2) is 12.6 Å². The average Bonchev–Trinajstić information content (AvgIpc) is 3.11. The molecule has 0 bridgehead atoms. The van der Waals surface area contributed by atoms with Crippen LogP contribution in [0.5, 0.6) is 0 Å². The molecule has 1 aliphatic heterocycles. The van der Waals surface area contributed by atoms with Gasteiger partial charge < -0.3 is 44.5 Å². The van der Waals surface area contributed by atoms with E-state index in [0.717, 1.165) is 38.5 Å². The van der Waals surface area contributed by atoms with E-state index in [-0.39, 0.29) is 19.2 Å². The van der Waals surface area contributed by atoms with Crippen molar-refractivity contribution in [2.45, 2.75) is 230 Å². The van der Waals surface area contributed by atoms with Crippen LogP contribution in [0.15, 0.2) is 0 Å². The number of esters is 1. The number of aliphatic hydroxyl groups excluding tert-OH is 5. The molecule has 0 aromatic rings. The lowest BCUT2D eigenvalue weighted by Gasteiger charge is -2.40. The standard InChI is InChI=1S/C40H78O10/c1-3-5-7-9-11-13-15-16-17-18-19-21-22-24-26-28-35(42)47-31-33(32-48-40-39(46)38(45)37(44)34(30-41)50-40)49-36(43)29-27-25-23-20-14-12-10-8-6-4-2/h33-34,36-41,43-46H,3-32H2,1-2H3/t33-,34-,36?,37+,38+,39-,40-/m1/s1. The van der Waals surface area contributed by atoms with Crippen molar-refractivity contribution in [2.24, 2.45) is 0 Å². The van der Waals surface area contributed by atoms with Gasteiger partial charge in [0.1, 0.15) is 37.1 Å². The van der Waals surface area contributed by atoms with Crippen molar-refractivity contribution in [3.8, 4) is 0 Å². The van der Waals surface area contributed by atoms with Gasteiger partial charge in [-0.3, -0.25) is 4.79 Å². The molecular weight excluding hydrogens is 640 g/mol. The van der Waals surface area contributed by atoms with E-state index in [1.165, 1.54) is 122 Å². The Bertz CT molecular complexity index is 754. The van der Waals surface area contributed by atoms with Gasteiger partial charge in [-0.05, 0) is 19.3 Å². The fraction of sp³-hybridized carbons (Fsp3) is 0.975. The van der Waals surface area contributed by atoms with Gasteiger partial charge >= 0.3 is 5.97 Å². The summed E-state index contributed by atoms with van der Waals surface area (Å²) in [4.78, 5) is 12.5. The molecule has 5 N–H and O–H groups in total. The van der Waals surface area contributed by atoms with Crippen molar-refractivity contribution < 1.29 is 49.3 Å². The minimum absolute atomic E-state index is 0.149. The van der Waals surface area contributed by atoms with Crippen LogP contribution in [0.1, 0.15) is 187 Å². The third-order valence-electron chi connectivity index (χ3n) is 9.86. The maximum atomic E-state index is 12.5. The van der Waals surface area contributed by atoms with Gasteiger partial charge in [-0.2, -0.15) is 0 Å². The first kappa shape index (κ1) is 47.2. The Morgan fingerprint density at radius 2 is 1.04 bits per heavy atom. The summed E-state index contributed by atoms with van der Waals surface area (Å²) in [5.41, 5.74) is 0. The number of rotatable bonds is 35. The summed E-state index contributed by atoms with van der Waals surface area (Å²) in [6.45, 7) is 3.56. The molecule has 0 amide bonds. The van der Waals surface area contributed by atoms with Crippen LogP contribution in [0, 0.1) is 0 Å². The Hall–Kier alpha value is -0.850. The molecule has 298 valence electrons. The number of hydrogen-bond acceptors (Lipinski definition) is 10. The van der Waals surface area contributed by atoms with Crippen molar-refractivity contribution in [3.63, 3.8) is 0 Å². The monoisotopic (exact) mass is 719 g/mol. The largest absolute Gasteiger partial charge is 0.463 e. The minimum atomic E-state index is -1.57. The molecule has 1 rings (SSSR count). The molecule has 1 aliphatic rings. The summed E-state index contributed by atoms with van der Waals surface area (Å²) in [6.07, 6.45) is 22.3. The molecule has 0 aromatic heterocycles. The van der Waals surface area contributed by atoms with Gasteiger partial charge in [0.25, 0.3) is 0 Å². The van der Waals surface area contributed by atoms with Crippen LogP contribution in [0.25, 0.3) is 0 Å². The SMILES string of the molecule is CCCCCCCCCCCCCCCCCC(=O)OC[C@H](CO[C@@H]1O[C@H](CO)[C@H](O)[C@H](O)[C@H]1O)OC(O)CCCCCCCCCCCC. The lowest BCUT2D eigenvalue weighted by Crippen LogP contribution is -2.59. The highest BCUT2D eigenvalue weighted by Crippen LogP contribution is 2.23. The third-order valence-corrected chi connectivity index (χ3v) is 9.86. The predicted molar refractivity (Wildman–Crippen MR) is 198 cm³/mol. The van der Waals surface area contributed by atoms with Gasteiger partial charge in [0.2, 0.25) is 0 Å². The molecule has 0 saturated carbocycles. The molecule has 0 aliphatic carbocycles. The van der Waals surface area contributed by atoms with Crippen LogP contribution < -0.4 is 0 Å². The fourth-order valence-corrected chi connectivity index (χ4v) is 6.53. The second-order valence-electron chi connectivity index (χ2n) is 14.6. The van der Waals surface area contributed by atoms with E-state index < -0.39 is 49.7 Å². The Labute approximate surface area is 305 Å². The van der Waals surface area contributed by atoms with Gasteiger partial charge in [0, 0.05) is 6.42 Å². The molecule has 0 spiro atoms. The highest BCUT2D eigenvalue weighted by atomic mass is 16.7. The molecule has 50 heavy (non-hydrogen) atoms. The Morgan fingerprint density at radius 3 is 1.50 bits per heavy atom. The van der Waals surface area contributed by atoms with Crippen molar-refractivity contribution in [1.29, 1.82) is 0 Å². The van der Waals surface area contributed by atoms with Crippen LogP contribution in [0.2, 0.25) is 0 Å². The van der Waals surface area contributed by atoms with E-state index in [9.17, 15) is 30.3 Å². The van der Waals surface area contributed by atoms with Gasteiger partial charge in [-0.15, -0.1) is 0 Å². The number of unbranched alkanes of at least 4 members (excludes halogenated alkanes) is 23. The molecule has 7 atom stereocenters. The topological polar surface area (TPSA) is 155 Å². The summed E-state index contributed by atoms with van der Waals surface area (Å²) >= 11 is 0. The average molecular weight is 719 g/mol. The fourth-order valence-electron chi connectivity index (χ4n) is 6.53.